The number of hydrogen-bond acceptors (Lipinski definition) is 2. The van der Waals surface area contributed by atoms with E-state index in [1.54, 1.807) is 0 Å². The first-order valence-corrected chi connectivity index (χ1v) is 5.17. The van der Waals surface area contributed by atoms with Crippen LogP contribution in [0.2, 0.25) is 5.02 Å². The van der Waals surface area contributed by atoms with Crippen molar-refractivity contribution in [2.24, 2.45) is 0 Å². The number of benzene rings is 1. The van der Waals surface area contributed by atoms with Crippen LogP contribution < -0.4 is 5.32 Å². The van der Waals surface area contributed by atoms with Gasteiger partial charge in [0.15, 0.2) is 11.9 Å². The summed E-state index contributed by atoms with van der Waals surface area (Å²) < 4.78 is 62.6. The summed E-state index contributed by atoms with van der Waals surface area (Å²) in [5.41, 5.74) is -0.901. The van der Waals surface area contributed by atoms with Crippen molar-refractivity contribution in [3.8, 4) is 0 Å². The van der Waals surface area contributed by atoms with Gasteiger partial charge in [0.2, 0.25) is 0 Å². The molecule has 1 atom stereocenters. The van der Waals surface area contributed by atoms with Crippen molar-refractivity contribution in [3.63, 3.8) is 0 Å². The van der Waals surface area contributed by atoms with E-state index in [0.717, 1.165) is 5.32 Å². The Labute approximate surface area is 113 Å². The SMILES string of the molecule is O=C(O)C(NC(=O)C(F)(F)F)c1ccc(F)c(Cl)c1F. The van der Waals surface area contributed by atoms with Crippen molar-refractivity contribution < 1.29 is 36.6 Å². The lowest BCUT2D eigenvalue weighted by Gasteiger charge is -2.17. The predicted molar refractivity (Wildman–Crippen MR) is 55.9 cm³/mol. The van der Waals surface area contributed by atoms with Gasteiger partial charge in [0.25, 0.3) is 0 Å². The van der Waals surface area contributed by atoms with Crippen molar-refractivity contribution in [1.29, 1.82) is 0 Å². The van der Waals surface area contributed by atoms with E-state index in [9.17, 15) is 31.5 Å². The van der Waals surface area contributed by atoms with E-state index < -0.39 is 46.3 Å². The van der Waals surface area contributed by atoms with E-state index in [2.05, 4.69) is 0 Å². The fourth-order valence-electron chi connectivity index (χ4n) is 1.25. The molecule has 0 fully saturated rings. The highest BCUT2D eigenvalue weighted by molar-refractivity contribution is 6.31. The van der Waals surface area contributed by atoms with Gasteiger partial charge >= 0.3 is 18.1 Å². The minimum atomic E-state index is -5.35. The predicted octanol–water partition coefficient (Wildman–Crippen LogP) is 2.42. The molecule has 0 aliphatic carbocycles. The van der Waals surface area contributed by atoms with E-state index >= 15 is 0 Å². The number of carbonyl (C=O) groups is 2. The molecule has 0 saturated heterocycles. The minimum absolute atomic E-state index is 0.566. The van der Waals surface area contributed by atoms with Crippen LogP contribution >= 0.6 is 11.6 Å². The maximum Gasteiger partial charge on any atom is 0.471 e. The molecular formula is C10H5ClF5NO3. The molecule has 20 heavy (non-hydrogen) atoms. The smallest absolute Gasteiger partial charge is 0.471 e. The van der Waals surface area contributed by atoms with Crippen LogP contribution in [0.25, 0.3) is 0 Å². The number of halogens is 6. The molecule has 0 spiro atoms. The summed E-state index contributed by atoms with van der Waals surface area (Å²) in [7, 11) is 0. The summed E-state index contributed by atoms with van der Waals surface area (Å²) in [5, 5.41) is 8.73. The second-order valence-corrected chi connectivity index (χ2v) is 3.89. The third-order valence-corrected chi connectivity index (χ3v) is 2.50. The molecule has 0 saturated carbocycles. The zero-order chi connectivity index (χ0) is 15.7. The van der Waals surface area contributed by atoms with Gasteiger partial charge in [-0.25, -0.2) is 13.6 Å². The first-order valence-electron chi connectivity index (χ1n) is 4.79. The second kappa shape index (κ2) is 5.61. The summed E-state index contributed by atoms with van der Waals surface area (Å²) in [4.78, 5) is 21.5. The van der Waals surface area contributed by atoms with Gasteiger partial charge < -0.3 is 10.4 Å². The van der Waals surface area contributed by atoms with E-state index in [1.807, 2.05) is 0 Å². The number of alkyl halides is 3. The molecule has 110 valence electrons. The summed E-state index contributed by atoms with van der Waals surface area (Å²) >= 11 is 5.18. The lowest BCUT2D eigenvalue weighted by molar-refractivity contribution is -0.175. The first kappa shape index (κ1) is 16.2. The molecule has 0 aliphatic heterocycles. The summed E-state index contributed by atoms with van der Waals surface area (Å²) in [6, 6.07) is -1.22. The number of aliphatic carboxylic acids is 1. The Hall–Kier alpha value is -1.90. The molecular weight excluding hydrogens is 313 g/mol. The van der Waals surface area contributed by atoms with Crippen LogP contribution in [0.1, 0.15) is 11.6 Å². The van der Waals surface area contributed by atoms with Crippen LogP contribution in [0, 0.1) is 11.6 Å². The van der Waals surface area contributed by atoms with E-state index in [0.29, 0.717) is 12.1 Å². The third-order valence-electron chi connectivity index (χ3n) is 2.16. The zero-order valence-electron chi connectivity index (χ0n) is 9.26. The molecule has 0 heterocycles. The highest BCUT2D eigenvalue weighted by Gasteiger charge is 2.41. The Balaban J connectivity index is 3.20. The Morgan fingerprint density at radius 1 is 1.25 bits per heavy atom. The highest BCUT2D eigenvalue weighted by atomic mass is 35.5. The number of amides is 1. The monoisotopic (exact) mass is 317 g/mol. The first-order chi connectivity index (χ1) is 9.05. The molecule has 1 aromatic carbocycles. The van der Waals surface area contributed by atoms with Crippen molar-refractivity contribution >= 4 is 23.5 Å². The van der Waals surface area contributed by atoms with Crippen molar-refractivity contribution in [1.82, 2.24) is 5.32 Å². The van der Waals surface area contributed by atoms with E-state index in [1.165, 1.54) is 0 Å². The lowest BCUT2D eigenvalue weighted by atomic mass is 10.1. The maximum absolute atomic E-state index is 13.6. The van der Waals surface area contributed by atoms with Crippen LogP contribution in [-0.2, 0) is 9.59 Å². The van der Waals surface area contributed by atoms with Crippen LogP contribution in [0.15, 0.2) is 12.1 Å². The molecule has 1 unspecified atom stereocenters. The Morgan fingerprint density at radius 2 is 1.80 bits per heavy atom. The fourth-order valence-corrected chi connectivity index (χ4v) is 1.42. The Morgan fingerprint density at radius 3 is 2.25 bits per heavy atom. The van der Waals surface area contributed by atoms with E-state index in [4.69, 9.17) is 16.7 Å². The van der Waals surface area contributed by atoms with Gasteiger partial charge in [-0.1, -0.05) is 17.7 Å². The average Bonchev–Trinajstić information content (AvgIpc) is 2.32. The quantitative estimate of drug-likeness (QED) is 0.664. The van der Waals surface area contributed by atoms with Gasteiger partial charge in [-0.15, -0.1) is 0 Å². The third kappa shape index (κ3) is 3.35. The molecule has 1 rings (SSSR count). The van der Waals surface area contributed by atoms with Gasteiger partial charge in [0.05, 0.1) is 0 Å². The maximum atomic E-state index is 13.6. The van der Waals surface area contributed by atoms with Crippen molar-refractivity contribution in [3.05, 3.63) is 34.4 Å². The van der Waals surface area contributed by atoms with E-state index in [-0.39, 0.29) is 0 Å². The van der Waals surface area contributed by atoms with Crippen molar-refractivity contribution in [2.45, 2.75) is 12.2 Å². The Bertz CT molecular complexity index is 561. The van der Waals surface area contributed by atoms with Gasteiger partial charge in [-0.2, -0.15) is 13.2 Å². The average molecular weight is 318 g/mol. The van der Waals surface area contributed by atoms with Crippen LogP contribution in [0.4, 0.5) is 22.0 Å². The Kier molecular flexibility index (Phi) is 4.53. The van der Waals surface area contributed by atoms with Gasteiger partial charge in [0.1, 0.15) is 10.8 Å². The summed E-state index contributed by atoms with van der Waals surface area (Å²) in [6.45, 7) is 0. The largest absolute Gasteiger partial charge is 0.479 e. The number of nitrogens with one attached hydrogen (secondary N) is 1. The molecule has 10 heteroatoms. The zero-order valence-corrected chi connectivity index (χ0v) is 10.0. The van der Waals surface area contributed by atoms with Crippen LogP contribution in [-0.4, -0.2) is 23.2 Å². The minimum Gasteiger partial charge on any atom is -0.479 e. The molecule has 0 bridgehead atoms. The second-order valence-electron chi connectivity index (χ2n) is 3.51. The number of rotatable bonds is 3. The van der Waals surface area contributed by atoms with Crippen LogP contribution in [0.3, 0.4) is 0 Å². The molecule has 4 nitrogen and oxygen atoms in total. The number of hydrogen-bond donors (Lipinski definition) is 2. The summed E-state index contributed by atoms with van der Waals surface area (Å²) in [6.07, 6.45) is -5.35. The van der Waals surface area contributed by atoms with Gasteiger partial charge in [-0.05, 0) is 6.07 Å². The topological polar surface area (TPSA) is 66.4 Å². The standard InChI is InChI=1S/C10H5ClF5NO3/c11-5-4(12)2-1-3(6(5)13)7(8(18)19)17-9(20)10(14,15)16/h1-2,7H,(H,17,20)(H,18,19). The fraction of sp³-hybridized carbons (Fsp3) is 0.200. The number of carboxylic acid groups (broad SMARTS) is 1. The molecule has 2 N–H and O–H groups in total. The molecule has 1 aromatic rings. The normalized spacial score (nSPS) is 12.9. The van der Waals surface area contributed by atoms with Gasteiger partial charge in [0, 0.05) is 5.56 Å². The van der Waals surface area contributed by atoms with Crippen molar-refractivity contribution in [2.75, 3.05) is 0 Å². The highest BCUT2D eigenvalue weighted by Crippen LogP contribution is 2.27. The molecule has 1 amide bonds. The number of carboxylic acids is 1. The number of carbonyl (C=O) groups excluding carboxylic acids is 1. The molecule has 0 radical (unpaired) electrons. The molecule has 0 aromatic heterocycles. The summed E-state index contributed by atoms with van der Waals surface area (Å²) in [5.74, 6) is -7.34. The lowest BCUT2D eigenvalue weighted by Crippen LogP contribution is -2.42. The van der Waals surface area contributed by atoms with Gasteiger partial charge in [-0.3, -0.25) is 4.79 Å². The van der Waals surface area contributed by atoms with Crippen LogP contribution in [0.5, 0.6) is 0 Å². The molecule has 0 aliphatic rings.